The van der Waals surface area contributed by atoms with Gasteiger partial charge < -0.3 is 14.9 Å². The third-order valence-electron chi connectivity index (χ3n) is 3.32. The lowest BCUT2D eigenvalue weighted by Gasteiger charge is -2.34. The van der Waals surface area contributed by atoms with E-state index in [1.54, 1.807) is 18.9 Å². The molecule has 0 saturated carbocycles. The molecule has 0 spiro atoms. The Morgan fingerprint density at radius 1 is 1.12 bits per heavy atom. The molecule has 0 rings (SSSR count). The number of carbonyl (C=O) groups is 2. The second-order valence-electron chi connectivity index (χ2n) is 4.75. The SMILES string of the molecule is CCC(C(=O)O)N(C)C(=O)N(C)C(C)C(C)C. The number of hydrogen-bond acceptors (Lipinski definition) is 2. The predicted octanol–water partition coefficient (Wildman–Crippen LogP) is 1.88. The van der Waals surface area contributed by atoms with Crippen LogP contribution in [0.2, 0.25) is 0 Å². The van der Waals surface area contributed by atoms with Crippen LogP contribution in [0.5, 0.6) is 0 Å². The van der Waals surface area contributed by atoms with Gasteiger partial charge in [0.1, 0.15) is 6.04 Å². The highest BCUT2D eigenvalue weighted by molar-refractivity contribution is 5.82. The maximum absolute atomic E-state index is 12.1. The summed E-state index contributed by atoms with van der Waals surface area (Å²) in [5.74, 6) is -0.629. The molecule has 0 aliphatic carbocycles. The van der Waals surface area contributed by atoms with Gasteiger partial charge in [0.25, 0.3) is 0 Å². The minimum atomic E-state index is -0.964. The lowest BCUT2D eigenvalue weighted by atomic mass is 10.1. The van der Waals surface area contributed by atoms with Crippen molar-refractivity contribution < 1.29 is 14.7 Å². The van der Waals surface area contributed by atoms with Crippen LogP contribution in [0.25, 0.3) is 0 Å². The molecule has 0 aromatic carbocycles. The van der Waals surface area contributed by atoms with Gasteiger partial charge in [-0.1, -0.05) is 20.8 Å². The molecule has 0 aromatic heterocycles. The Morgan fingerprint density at radius 3 is 1.88 bits per heavy atom. The number of likely N-dealkylation sites (N-methyl/N-ethyl adjacent to an activating group) is 1. The van der Waals surface area contributed by atoms with Crippen molar-refractivity contribution in [2.75, 3.05) is 14.1 Å². The van der Waals surface area contributed by atoms with Crippen molar-refractivity contribution in [1.82, 2.24) is 9.80 Å². The molecular weight excluding hydrogens is 220 g/mol. The van der Waals surface area contributed by atoms with E-state index in [1.165, 1.54) is 11.9 Å². The van der Waals surface area contributed by atoms with Crippen molar-refractivity contribution in [3.8, 4) is 0 Å². The van der Waals surface area contributed by atoms with Gasteiger partial charge in [0.2, 0.25) is 0 Å². The molecule has 0 aliphatic heterocycles. The topological polar surface area (TPSA) is 60.9 Å². The highest BCUT2D eigenvalue weighted by atomic mass is 16.4. The Kier molecular flexibility index (Phi) is 5.99. The van der Waals surface area contributed by atoms with Gasteiger partial charge in [-0.15, -0.1) is 0 Å². The van der Waals surface area contributed by atoms with Crippen LogP contribution in [0.1, 0.15) is 34.1 Å². The molecule has 0 heterocycles. The fourth-order valence-electron chi connectivity index (χ4n) is 1.62. The van der Waals surface area contributed by atoms with E-state index >= 15 is 0 Å². The monoisotopic (exact) mass is 244 g/mol. The van der Waals surface area contributed by atoms with Crippen LogP contribution < -0.4 is 0 Å². The number of hydrogen-bond donors (Lipinski definition) is 1. The average molecular weight is 244 g/mol. The van der Waals surface area contributed by atoms with E-state index in [2.05, 4.69) is 0 Å². The minimum absolute atomic E-state index is 0.0799. The van der Waals surface area contributed by atoms with E-state index < -0.39 is 12.0 Å². The molecule has 0 bridgehead atoms. The Morgan fingerprint density at radius 2 is 1.59 bits per heavy atom. The molecule has 1 N–H and O–H groups in total. The first-order valence-corrected chi connectivity index (χ1v) is 5.96. The molecule has 0 aromatic rings. The third kappa shape index (κ3) is 3.91. The van der Waals surface area contributed by atoms with Crippen molar-refractivity contribution in [2.45, 2.75) is 46.2 Å². The van der Waals surface area contributed by atoms with Gasteiger partial charge in [0.05, 0.1) is 0 Å². The van der Waals surface area contributed by atoms with E-state index in [0.29, 0.717) is 12.3 Å². The summed E-state index contributed by atoms with van der Waals surface area (Å²) >= 11 is 0. The van der Waals surface area contributed by atoms with Crippen LogP contribution in [0.15, 0.2) is 0 Å². The summed E-state index contributed by atoms with van der Waals surface area (Å²) in [6.45, 7) is 7.78. The van der Waals surface area contributed by atoms with Crippen LogP contribution in [-0.4, -0.2) is 53.1 Å². The first-order valence-electron chi connectivity index (χ1n) is 5.96. The van der Waals surface area contributed by atoms with Crippen molar-refractivity contribution >= 4 is 12.0 Å². The number of carboxylic acids is 1. The van der Waals surface area contributed by atoms with E-state index in [9.17, 15) is 9.59 Å². The molecule has 0 saturated heterocycles. The average Bonchev–Trinajstić information content (AvgIpc) is 2.26. The highest BCUT2D eigenvalue weighted by Gasteiger charge is 2.29. The second kappa shape index (κ2) is 6.47. The summed E-state index contributed by atoms with van der Waals surface area (Å²) in [7, 11) is 3.24. The number of aliphatic carboxylic acids is 1. The molecule has 0 radical (unpaired) electrons. The Bertz CT molecular complexity index is 279. The van der Waals surface area contributed by atoms with Crippen molar-refractivity contribution in [2.24, 2.45) is 5.92 Å². The van der Waals surface area contributed by atoms with Gasteiger partial charge >= 0.3 is 12.0 Å². The first-order chi connectivity index (χ1) is 7.73. The Balaban J connectivity index is 4.74. The van der Waals surface area contributed by atoms with Crippen LogP contribution in [0.4, 0.5) is 4.79 Å². The molecule has 2 amide bonds. The summed E-state index contributed by atoms with van der Waals surface area (Å²) in [4.78, 5) is 26.0. The Labute approximate surface area is 103 Å². The summed E-state index contributed by atoms with van der Waals surface area (Å²) in [6.07, 6.45) is 0.404. The number of carbonyl (C=O) groups excluding carboxylic acids is 1. The summed E-state index contributed by atoms with van der Waals surface area (Å²) < 4.78 is 0. The first kappa shape index (κ1) is 15.7. The van der Waals surface area contributed by atoms with Gasteiger partial charge in [-0.3, -0.25) is 0 Å². The van der Waals surface area contributed by atoms with Crippen LogP contribution in [0.3, 0.4) is 0 Å². The molecule has 2 unspecified atom stereocenters. The smallest absolute Gasteiger partial charge is 0.326 e. The third-order valence-corrected chi connectivity index (χ3v) is 3.32. The van der Waals surface area contributed by atoms with Gasteiger partial charge in [-0.05, 0) is 19.3 Å². The molecule has 100 valence electrons. The van der Waals surface area contributed by atoms with E-state index in [1.807, 2.05) is 20.8 Å². The number of rotatable bonds is 5. The Hall–Kier alpha value is -1.26. The summed E-state index contributed by atoms with van der Waals surface area (Å²) in [5, 5.41) is 9.01. The normalized spacial score (nSPS) is 14.3. The number of carboxylic acid groups (broad SMARTS) is 1. The number of urea groups is 1. The highest BCUT2D eigenvalue weighted by Crippen LogP contribution is 2.12. The maximum Gasteiger partial charge on any atom is 0.326 e. The van der Waals surface area contributed by atoms with Crippen LogP contribution in [-0.2, 0) is 4.79 Å². The lowest BCUT2D eigenvalue weighted by Crippen LogP contribution is -2.50. The van der Waals surface area contributed by atoms with E-state index in [-0.39, 0.29) is 12.1 Å². The van der Waals surface area contributed by atoms with E-state index in [4.69, 9.17) is 5.11 Å². The molecular formula is C12H24N2O3. The number of amides is 2. The molecule has 0 aliphatic rings. The molecule has 5 heteroatoms. The van der Waals surface area contributed by atoms with Gasteiger partial charge in [-0.2, -0.15) is 0 Å². The lowest BCUT2D eigenvalue weighted by molar-refractivity contribution is -0.142. The van der Waals surface area contributed by atoms with Crippen LogP contribution >= 0.6 is 0 Å². The van der Waals surface area contributed by atoms with Gasteiger partial charge in [0.15, 0.2) is 0 Å². The fourth-order valence-corrected chi connectivity index (χ4v) is 1.62. The maximum atomic E-state index is 12.1. The molecule has 17 heavy (non-hydrogen) atoms. The van der Waals surface area contributed by atoms with Gasteiger partial charge in [0, 0.05) is 20.1 Å². The second-order valence-corrected chi connectivity index (χ2v) is 4.75. The van der Waals surface area contributed by atoms with Crippen LogP contribution in [0, 0.1) is 5.92 Å². The van der Waals surface area contributed by atoms with Gasteiger partial charge in [-0.25, -0.2) is 9.59 Å². The zero-order valence-electron chi connectivity index (χ0n) is 11.6. The zero-order valence-corrected chi connectivity index (χ0v) is 11.6. The van der Waals surface area contributed by atoms with Crippen molar-refractivity contribution in [3.63, 3.8) is 0 Å². The van der Waals surface area contributed by atoms with Crippen molar-refractivity contribution in [1.29, 1.82) is 0 Å². The molecule has 0 fully saturated rings. The molecule has 5 nitrogen and oxygen atoms in total. The minimum Gasteiger partial charge on any atom is -0.480 e. The fraction of sp³-hybridized carbons (Fsp3) is 0.833. The quantitative estimate of drug-likeness (QED) is 0.803. The predicted molar refractivity (Wildman–Crippen MR) is 66.9 cm³/mol. The zero-order chi connectivity index (χ0) is 13.7. The molecule has 2 atom stereocenters. The largest absolute Gasteiger partial charge is 0.480 e. The standard InChI is InChI=1S/C12H24N2O3/c1-7-10(11(15)16)14(6)12(17)13(5)9(4)8(2)3/h8-10H,7H2,1-6H3,(H,15,16). The van der Waals surface area contributed by atoms with Crippen molar-refractivity contribution in [3.05, 3.63) is 0 Å². The summed E-state index contributed by atoms with van der Waals surface area (Å²) in [5.41, 5.74) is 0. The van der Waals surface area contributed by atoms with E-state index in [0.717, 1.165) is 0 Å². The number of nitrogens with zero attached hydrogens (tertiary/aromatic N) is 2. The summed E-state index contributed by atoms with van der Waals surface area (Å²) in [6, 6.07) is -0.930.